The van der Waals surface area contributed by atoms with Crippen molar-refractivity contribution in [1.29, 1.82) is 0 Å². The number of rotatable bonds is 7. The van der Waals surface area contributed by atoms with Crippen molar-refractivity contribution in [3.63, 3.8) is 0 Å². The van der Waals surface area contributed by atoms with Crippen LogP contribution in [0.3, 0.4) is 0 Å². The van der Waals surface area contributed by atoms with E-state index in [2.05, 4.69) is 37.2 Å². The van der Waals surface area contributed by atoms with E-state index < -0.39 is 0 Å². The number of nitrogens with two attached hydrogens (primary N) is 1. The molecule has 2 heterocycles. The van der Waals surface area contributed by atoms with E-state index in [0.717, 1.165) is 13.0 Å². The SMILES string of the molecule is Nc1c(NCCC2=CCCCC2)ncnc1NNC(=O)c1ccccn1. The summed E-state index contributed by atoms with van der Waals surface area (Å²) in [4.78, 5) is 24.2. The van der Waals surface area contributed by atoms with Crippen LogP contribution in [0.15, 0.2) is 42.4 Å². The topological polar surface area (TPSA) is 118 Å². The Morgan fingerprint density at radius 2 is 2.04 bits per heavy atom. The lowest BCUT2D eigenvalue weighted by molar-refractivity contribution is 0.0957. The zero-order valence-electron chi connectivity index (χ0n) is 14.5. The van der Waals surface area contributed by atoms with Crippen LogP contribution in [0.2, 0.25) is 0 Å². The normalized spacial score (nSPS) is 13.6. The number of allylic oxidation sites excluding steroid dienone is 1. The number of hydrogen-bond acceptors (Lipinski definition) is 7. The second-order valence-electron chi connectivity index (χ2n) is 6.06. The van der Waals surface area contributed by atoms with Gasteiger partial charge in [-0.05, 0) is 44.2 Å². The zero-order chi connectivity index (χ0) is 18.2. The van der Waals surface area contributed by atoms with Crippen molar-refractivity contribution in [2.75, 3.05) is 23.0 Å². The lowest BCUT2D eigenvalue weighted by atomic mass is 9.97. The Morgan fingerprint density at radius 1 is 1.15 bits per heavy atom. The fourth-order valence-electron chi connectivity index (χ4n) is 2.79. The van der Waals surface area contributed by atoms with Crippen molar-refractivity contribution >= 4 is 23.2 Å². The molecule has 2 aromatic rings. The number of hydrazine groups is 1. The first kappa shape index (κ1) is 17.7. The van der Waals surface area contributed by atoms with E-state index in [1.807, 2.05) is 0 Å². The third-order valence-electron chi connectivity index (χ3n) is 4.20. The Labute approximate surface area is 152 Å². The van der Waals surface area contributed by atoms with Crippen molar-refractivity contribution < 1.29 is 4.79 Å². The molecule has 0 aliphatic heterocycles. The number of nitrogen functional groups attached to an aromatic ring is 1. The van der Waals surface area contributed by atoms with Gasteiger partial charge in [-0.1, -0.05) is 17.7 Å². The van der Waals surface area contributed by atoms with Crippen molar-refractivity contribution in [3.05, 3.63) is 48.1 Å². The molecule has 0 aromatic carbocycles. The van der Waals surface area contributed by atoms with E-state index in [-0.39, 0.29) is 5.91 Å². The van der Waals surface area contributed by atoms with E-state index in [1.165, 1.54) is 37.6 Å². The van der Waals surface area contributed by atoms with Gasteiger partial charge in [0.25, 0.3) is 5.91 Å². The largest absolute Gasteiger partial charge is 0.393 e. The number of aromatic nitrogens is 3. The molecule has 5 N–H and O–H groups in total. The van der Waals surface area contributed by atoms with Gasteiger partial charge in [-0.2, -0.15) is 0 Å². The molecule has 0 atom stereocenters. The predicted molar refractivity (Wildman–Crippen MR) is 101 cm³/mol. The minimum atomic E-state index is -0.373. The number of carbonyl (C=O) groups is 1. The summed E-state index contributed by atoms with van der Waals surface area (Å²) >= 11 is 0. The molecule has 0 radical (unpaired) electrons. The quantitative estimate of drug-likeness (QED) is 0.446. The summed E-state index contributed by atoms with van der Waals surface area (Å²) in [5.41, 5.74) is 13.5. The maximum atomic E-state index is 12.0. The van der Waals surface area contributed by atoms with E-state index in [9.17, 15) is 4.79 Å². The Morgan fingerprint density at radius 3 is 2.81 bits per heavy atom. The van der Waals surface area contributed by atoms with E-state index >= 15 is 0 Å². The van der Waals surface area contributed by atoms with Gasteiger partial charge < -0.3 is 11.1 Å². The standard InChI is InChI=1S/C18H23N7O/c19-15-16(21-11-9-13-6-2-1-3-7-13)22-12-23-17(15)24-25-18(26)14-8-4-5-10-20-14/h4-6,8,10,12H,1-3,7,9,11,19H2,(H,25,26)(H2,21,22,23,24). The van der Waals surface area contributed by atoms with Crippen LogP contribution in [0.25, 0.3) is 0 Å². The molecule has 0 unspecified atom stereocenters. The van der Waals surface area contributed by atoms with Crippen LogP contribution in [-0.2, 0) is 0 Å². The second-order valence-corrected chi connectivity index (χ2v) is 6.06. The van der Waals surface area contributed by atoms with Crippen molar-refractivity contribution in [1.82, 2.24) is 20.4 Å². The van der Waals surface area contributed by atoms with Gasteiger partial charge in [-0.25, -0.2) is 9.97 Å². The number of nitrogens with zero attached hydrogens (tertiary/aromatic N) is 3. The first-order valence-electron chi connectivity index (χ1n) is 8.73. The molecule has 8 nitrogen and oxygen atoms in total. The Kier molecular flexibility index (Phi) is 5.97. The van der Waals surface area contributed by atoms with Crippen LogP contribution >= 0.6 is 0 Å². The lowest BCUT2D eigenvalue weighted by Gasteiger charge is -2.15. The van der Waals surface area contributed by atoms with Gasteiger partial charge >= 0.3 is 0 Å². The molecule has 8 heteroatoms. The number of anilines is 3. The zero-order valence-corrected chi connectivity index (χ0v) is 14.5. The predicted octanol–water partition coefficient (Wildman–Crippen LogP) is 2.51. The molecule has 0 saturated heterocycles. The molecule has 26 heavy (non-hydrogen) atoms. The molecule has 1 amide bonds. The highest BCUT2D eigenvalue weighted by Gasteiger charge is 2.11. The Balaban J connectivity index is 1.54. The van der Waals surface area contributed by atoms with Crippen LogP contribution < -0.4 is 21.9 Å². The first-order chi connectivity index (χ1) is 12.7. The van der Waals surface area contributed by atoms with Gasteiger partial charge in [0.1, 0.15) is 17.7 Å². The van der Waals surface area contributed by atoms with E-state index in [1.54, 1.807) is 24.4 Å². The fraction of sp³-hybridized carbons (Fsp3) is 0.333. The fourth-order valence-corrected chi connectivity index (χ4v) is 2.79. The van der Waals surface area contributed by atoms with Gasteiger partial charge in [0.2, 0.25) is 0 Å². The summed E-state index contributed by atoms with van der Waals surface area (Å²) in [7, 11) is 0. The lowest BCUT2D eigenvalue weighted by Crippen LogP contribution is -2.31. The first-order valence-corrected chi connectivity index (χ1v) is 8.73. The number of hydrogen-bond donors (Lipinski definition) is 4. The summed E-state index contributed by atoms with van der Waals surface area (Å²) in [5.74, 6) is 0.511. The third kappa shape index (κ3) is 4.69. The molecule has 0 bridgehead atoms. The summed E-state index contributed by atoms with van der Waals surface area (Å²) < 4.78 is 0. The van der Waals surface area contributed by atoms with Crippen LogP contribution in [-0.4, -0.2) is 27.4 Å². The smallest absolute Gasteiger partial charge is 0.288 e. The van der Waals surface area contributed by atoms with E-state index in [4.69, 9.17) is 5.73 Å². The third-order valence-corrected chi connectivity index (χ3v) is 4.20. The van der Waals surface area contributed by atoms with Gasteiger partial charge in [-0.15, -0.1) is 0 Å². The highest BCUT2D eigenvalue weighted by molar-refractivity contribution is 5.93. The molecule has 0 saturated carbocycles. The van der Waals surface area contributed by atoms with Gasteiger partial charge in [0.15, 0.2) is 11.6 Å². The van der Waals surface area contributed by atoms with Crippen LogP contribution in [0.4, 0.5) is 17.3 Å². The highest BCUT2D eigenvalue weighted by Crippen LogP contribution is 2.23. The van der Waals surface area contributed by atoms with Crippen LogP contribution in [0.5, 0.6) is 0 Å². The number of pyridine rings is 1. The average molecular weight is 353 g/mol. The summed E-state index contributed by atoms with van der Waals surface area (Å²) in [6.07, 6.45) is 11.2. The number of nitrogens with one attached hydrogen (secondary N) is 3. The maximum Gasteiger partial charge on any atom is 0.288 e. The van der Waals surface area contributed by atoms with Crippen molar-refractivity contribution in [2.45, 2.75) is 32.1 Å². The molecule has 3 rings (SSSR count). The second kappa shape index (κ2) is 8.80. The van der Waals surface area contributed by atoms with E-state index in [0.29, 0.717) is 23.0 Å². The summed E-state index contributed by atoms with van der Waals surface area (Å²) in [6, 6.07) is 5.10. The molecule has 1 aliphatic rings. The Bertz CT molecular complexity index is 776. The van der Waals surface area contributed by atoms with Crippen molar-refractivity contribution in [3.8, 4) is 0 Å². The Hall–Kier alpha value is -3.16. The highest BCUT2D eigenvalue weighted by atomic mass is 16.2. The van der Waals surface area contributed by atoms with Gasteiger partial charge in [0.05, 0.1) is 0 Å². The number of carbonyl (C=O) groups excluding carboxylic acids is 1. The van der Waals surface area contributed by atoms with Gasteiger partial charge in [0, 0.05) is 12.7 Å². The molecule has 136 valence electrons. The molecule has 1 aliphatic carbocycles. The molecule has 0 fully saturated rings. The minimum absolute atomic E-state index is 0.298. The van der Waals surface area contributed by atoms with Crippen molar-refractivity contribution in [2.24, 2.45) is 0 Å². The summed E-state index contributed by atoms with van der Waals surface area (Å²) in [5, 5.41) is 3.24. The average Bonchev–Trinajstić information content (AvgIpc) is 2.69. The molecular weight excluding hydrogens is 330 g/mol. The molecular formula is C18H23N7O. The minimum Gasteiger partial charge on any atom is -0.393 e. The van der Waals surface area contributed by atoms with Crippen LogP contribution in [0.1, 0.15) is 42.6 Å². The molecule has 0 spiro atoms. The maximum absolute atomic E-state index is 12.0. The van der Waals surface area contributed by atoms with Crippen LogP contribution in [0, 0.1) is 0 Å². The molecule has 2 aromatic heterocycles. The number of amides is 1. The monoisotopic (exact) mass is 353 g/mol. The van der Waals surface area contributed by atoms with Gasteiger partial charge in [-0.3, -0.25) is 20.6 Å². The summed E-state index contributed by atoms with van der Waals surface area (Å²) in [6.45, 7) is 0.757.